The van der Waals surface area contributed by atoms with Gasteiger partial charge in [-0.1, -0.05) is 18.2 Å². The molecule has 5 heteroatoms. The van der Waals surface area contributed by atoms with Gasteiger partial charge in [-0.15, -0.1) is 0 Å². The van der Waals surface area contributed by atoms with Crippen LogP contribution in [0.5, 0.6) is 0 Å². The van der Waals surface area contributed by atoms with E-state index in [-0.39, 0.29) is 30.7 Å². The maximum absolute atomic E-state index is 13.3. The van der Waals surface area contributed by atoms with E-state index in [1.165, 1.54) is 11.0 Å². The van der Waals surface area contributed by atoms with Gasteiger partial charge < -0.3 is 10.2 Å². The van der Waals surface area contributed by atoms with Crippen LogP contribution >= 0.6 is 0 Å². The summed E-state index contributed by atoms with van der Waals surface area (Å²) < 4.78 is 13.3. The third-order valence-corrected chi connectivity index (χ3v) is 2.73. The van der Waals surface area contributed by atoms with Gasteiger partial charge in [0.15, 0.2) is 0 Å². The minimum atomic E-state index is -0.276. The van der Waals surface area contributed by atoms with Crippen LogP contribution < -0.4 is 5.32 Å². The van der Waals surface area contributed by atoms with Gasteiger partial charge >= 0.3 is 0 Å². The number of amides is 2. The lowest BCUT2D eigenvalue weighted by atomic mass is 10.1. The van der Waals surface area contributed by atoms with Crippen LogP contribution in [-0.2, 0) is 16.0 Å². The average molecular weight is 236 g/mol. The van der Waals surface area contributed by atoms with Crippen LogP contribution in [0.15, 0.2) is 24.3 Å². The van der Waals surface area contributed by atoms with Crippen LogP contribution in [0, 0.1) is 5.82 Å². The van der Waals surface area contributed by atoms with E-state index in [9.17, 15) is 14.0 Å². The molecule has 1 fully saturated rings. The lowest BCUT2D eigenvalue weighted by molar-refractivity contribution is -0.140. The zero-order valence-electron chi connectivity index (χ0n) is 9.28. The zero-order chi connectivity index (χ0) is 12.3. The first-order valence-electron chi connectivity index (χ1n) is 5.44. The van der Waals surface area contributed by atoms with Crippen LogP contribution in [0.3, 0.4) is 0 Å². The number of benzene rings is 1. The molecular formula is C12H13FN2O2. The van der Waals surface area contributed by atoms with E-state index in [1.807, 2.05) is 0 Å². The average Bonchev–Trinajstić information content (AvgIpc) is 2.32. The molecule has 1 aliphatic rings. The summed E-state index contributed by atoms with van der Waals surface area (Å²) in [4.78, 5) is 24.0. The molecule has 17 heavy (non-hydrogen) atoms. The van der Waals surface area contributed by atoms with Gasteiger partial charge in [-0.3, -0.25) is 9.59 Å². The van der Waals surface area contributed by atoms with E-state index in [0.717, 1.165) is 0 Å². The summed E-state index contributed by atoms with van der Waals surface area (Å²) in [5.41, 5.74) is 0.561. The van der Waals surface area contributed by atoms with Crippen molar-refractivity contribution in [2.24, 2.45) is 0 Å². The molecule has 0 atom stereocenters. The number of halogens is 1. The van der Waals surface area contributed by atoms with Gasteiger partial charge in [-0.2, -0.15) is 0 Å². The second-order valence-electron chi connectivity index (χ2n) is 3.93. The summed E-state index contributed by atoms with van der Waals surface area (Å²) in [7, 11) is 0. The number of nitrogens with zero attached hydrogens (tertiary/aromatic N) is 1. The molecule has 1 heterocycles. The van der Waals surface area contributed by atoms with Crippen molar-refractivity contribution < 1.29 is 14.0 Å². The predicted octanol–water partition coefficient (Wildman–Crippen LogP) is 0.327. The fourth-order valence-electron chi connectivity index (χ4n) is 1.76. The summed E-state index contributed by atoms with van der Waals surface area (Å²) in [6.45, 7) is 0.469. The summed E-state index contributed by atoms with van der Waals surface area (Å²) in [5.74, 6) is -0.569. The van der Waals surface area contributed by atoms with E-state index < -0.39 is 0 Å². The molecule has 1 aliphatic heterocycles. The number of hydrogen-bond donors (Lipinski definition) is 1. The molecule has 0 saturated carbocycles. The summed E-state index contributed by atoms with van der Waals surface area (Å²) in [6.07, 6.45) is 0.422. The van der Waals surface area contributed by atoms with Crippen molar-refractivity contribution >= 4 is 11.8 Å². The molecule has 1 aromatic carbocycles. The Balaban J connectivity index is 1.95. The van der Waals surface area contributed by atoms with Crippen molar-refractivity contribution in [3.05, 3.63) is 35.6 Å². The maximum Gasteiger partial charge on any atom is 0.242 e. The molecule has 2 rings (SSSR count). The fraction of sp³-hybridized carbons (Fsp3) is 0.333. The Morgan fingerprint density at radius 3 is 2.82 bits per heavy atom. The second kappa shape index (κ2) is 4.95. The summed E-state index contributed by atoms with van der Waals surface area (Å²) in [6, 6.07) is 6.45. The molecule has 0 aliphatic carbocycles. The molecule has 0 radical (unpaired) electrons. The van der Waals surface area contributed by atoms with E-state index >= 15 is 0 Å². The van der Waals surface area contributed by atoms with Crippen LogP contribution in [-0.4, -0.2) is 36.3 Å². The lowest BCUT2D eigenvalue weighted by Crippen LogP contribution is -2.52. The Morgan fingerprint density at radius 2 is 2.06 bits per heavy atom. The zero-order valence-corrected chi connectivity index (χ0v) is 9.28. The first-order chi connectivity index (χ1) is 8.16. The molecule has 1 saturated heterocycles. The third-order valence-electron chi connectivity index (χ3n) is 2.73. The molecule has 0 aromatic heterocycles. The van der Waals surface area contributed by atoms with E-state index in [1.54, 1.807) is 18.2 Å². The molecule has 4 nitrogen and oxygen atoms in total. The number of rotatable bonds is 3. The third kappa shape index (κ3) is 2.81. The van der Waals surface area contributed by atoms with Crippen molar-refractivity contribution in [1.29, 1.82) is 0 Å². The van der Waals surface area contributed by atoms with Gasteiger partial charge in [-0.05, 0) is 18.1 Å². The minimum absolute atomic E-state index is 0.0378. The standard InChI is InChI=1S/C12H13FN2O2/c13-10-4-2-1-3-9(10)5-6-15-8-11(16)14-7-12(15)17/h1-4H,5-8H2,(H,14,16). The highest BCUT2D eigenvalue weighted by molar-refractivity contribution is 5.92. The first kappa shape index (κ1) is 11.6. The van der Waals surface area contributed by atoms with Crippen molar-refractivity contribution in [3.8, 4) is 0 Å². The Kier molecular flexibility index (Phi) is 3.37. The minimum Gasteiger partial charge on any atom is -0.345 e. The van der Waals surface area contributed by atoms with Gasteiger partial charge in [0.05, 0.1) is 13.1 Å². The molecule has 90 valence electrons. The number of piperazine rings is 1. The molecule has 1 aromatic rings. The number of hydrogen-bond acceptors (Lipinski definition) is 2. The molecule has 0 spiro atoms. The van der Waals surface area contributed by atoms with Gasteiger partial charge in [0.25, 0.3) is 0 Å². The Hall–Kier alpha value is -1.91. The first-order valence-corrected chi connectivity index (χ1v) is 5.44. The lowest BCUT2D eigenvalue weighted by Gasteiger charge is -2.26. The van der Waals surface area contributed by atoms with Gasteiger partial charge in [0.2, 0.25) is 11.8 Å². The number of carbonyl (C=O) groups is 2. The van der Waals surface area contributed by atoms with E-state index in [2.05, 4.69) is 5.32 Å². The highest BCUT2D eigenvalue weighted by atomic mass is 19.1. The summed E-state index contributed by atoms with van der Waals surface area (Å²) in [5, 5.41) is 2.47. The van der Waals surface area contributed by atoms with Crippen molar-refractivity contribution in [3.63, 3.8) is 0 Å². The van der Waals surface area contributed by atoms with Gasteiger partial charge in [0, 0.05) is 6.54 Å². The van der Waals surface area contributed by atoms with Crippen molar-refractivity contribution in [2.75, 3.05) is 19.6 Å². The van der Waals surface area contributed by atoms with Crippen LogP contribution in [0.25, 0.3) is 0 Å². The predicted molar refractivity (Wildman–Crippen MR) is 59.7 cm³/mol. The van der Waals surface area contributed by atoms with Gasteiger partial charge in [0.1, 0.15) is 5.82 Å². The SMILES string of the molecule is O=C1CN(CCc2ccccc2F)C(=O)CN1. The Morgan fingerprint density at radius 1 is 1.29 bits per heavy atom. The maximum atomic E-state index is 13.3. The van der Waals surface area contributed by atoms with Crippen LogP contribution in [0.1, 0.15) is 5.56 Å². The quantitative estimate of drug-likeness (QED) is 0.822. The molecular weight excluding hydrogens is 223 g/mol. The molecule has 0 bridgehead atoms. The number of nitrogens with one attached hydrogen (secondary N) is 1. The molecule has 2 amide bonds. The highest BCUT2D eigenvalue weighted by Gasteiger charge is 2.22. The number of carbonyl (C=O) groups excluding carboxylic acids is 2. The van der Waals surface area contributed by atoms with Crippen LogP contribution in [0.2, 0.25) is 0 Å². The topological polar surface area (TPSA) is 49.4 Å². The fourth-order valence-corrected chi connectivity index (χ4v) is 1.76. The Labute approximate surface area is 98.4 Å². The Bertz CT molecular complexity index is 448. The van der Waals surface area contributed by atoms with E-state index in [0.29, 0.717) is 18.5 Å². The molecule has 1 N–H and O–H groups in total. The van der Waals surface area contributed by atoms with Crippen molar-refractivity contribution in [2.45, 2.75) is 6.42 Å². The normalized spacial score (nSPS) is 15.9. The smallest absolute Gasteiger partial charge is 0.242 e. The van der Waals surface area contributed by atoms with Crippen LogP contribution in [0.4, 0.5) is 4.39 Å². The van der Waals surface area contributed by atoms with Gasteiger partial charge in [-0.25, -0.2) is 4.39 Å². The van der Waals surface area contributed by atoms with Crippen molar-refractivity contribution in [1.82, 2.24) is 10.2 Å². The van der Waals surface area contributed by atoms with E-state index in [4.69, 9.17) is 0 Å². The largest absolute Gasteiger partial charge is 0.345 e. The second-order valence-corrected chi connectivity index (χ2v) is 3.93. The highest BCUT2D eigenvalue weighted by Crippen LogP contribution is 2.08. The monoisotopic (exact) mass is 236 g/mol. The molecule has 0 unspecified atom stereocenters. The summed E-state index contributed by atoms with van der Waals surface area (Å²) >= 11 is 0.